The average Bonchev–Trinajstić information content (AvgIpc) is 3.01. The number of piperidine rings is 1. The molecular formula is C16H21N7. The molecule has 4 rings (SSSR count). The molecule has 23 heavy (non-hydrogen) atoms. The second kappa shape index (κ2) is 6.00. The summed E-state index contributed by atoms with van der Waals surface area (Å²) >= 11 is 0. The summed E-state index contributed by atoms with van der Waals surface area (Å²) in [4.78, 5) is 13.5. The summed E-state index contributed by atoms with van der Waals surface area (Å²) < 4.78 is 1.96. The standard InChI is InChI=1S/C16H21N7/c1-11-4-5-12(7-18-11)21-15-10-17-8-13(22-15)14-9-19-16-3-2-6-20-23(14)16/h2-3,8-12,18,20H,4-7H2,1H3,(H,21,22)/t11-,12-/m1/s1. The zero-order valence-electron chi connectivity index (χ0n) is 13.2. The Balaban J connectivity index is 1.55. The normalized spacial score (nSPS) is 23.2. The van der Waals surface area contributed by atoms with Gasteiger partial charge in [0.05, 0.1) is 18.6 Å². The minimum atomic E-state index is 0.399. The van der Waals surface area contributed by atoms with E-state index in [2.05, 4.69) is 33.0 Å². The second-order valence-corrected chi connectivity index (χ2v) is 6.12. The Morgan fingerprint density at radius 2 is 2.22 bits per heavy atom. The summed E-state index contributed by atoms with van der Waals surface area (Å²) in [7, 11) is 0. The van der Waals surface area contributed by atoms with Crippen molar-refractivity contribution in [2.45, 2.75) is 31.8 Å². The van der Waals surface area contributed by atoms with Gasteiger partial charge in [0, 0.05) is 25.2 Å². The van der Waals surface area contributed by atoms with Crippen LogP contribution in [-0.4, -0.2) is 44.8 Å². The van der Waals surface area contributed by atoms with E-state index in [1.54, 1.807) is 12.4 Å². The van der Waals surface area contributed by atoms with Gasteiger partial charge in [-0.15, -0.1) is 0 Å². The molecule has 2 aliphatic heterocycles. The summed E-state index contributed by atoms with van der Waals surface area (Å²) in [6.45, 7) is 3.97. The molecule has 0 aliphatic carbocycles. The van der Waals surface area contributed by atoms with Crippen LogP contribution in [0.2, 0.25) is 0 Å². The van der Waals surface area contributed by atoms with E-state index in [0.29, 0.717) is 12.1 Å². The van der Waals surface area contributed by atoms with Crippen LogP contribution < -0.4 is 16.1 Å². The van der Waals surface area contributed by atoms with Crippen molar-refractivity contribution in [3.63, 3.8) is 0 Å². The third-order valence-electron chi connectivity index (χ3n) is 4.33. The monoisotopic (exact) mass is 311 g/mol. The summed E-state index contributed by atoms with van der Waals surface area (Å²) in [6.07, 6.45) is 11.8. The maximum Gasteiger partial charge on any atom is 0.151 e. The summed E-state index contributed by atoms with van der Waals surface area (Å²) in [5, 5.41) is 6.98. The van der Waals surface area contributed by atoms with Crippen LogP contribution in [0, 0.1) is 0 Å². The Labute approximate surface area is 135 Å². The molecule has 7 heteroatoms. The van der Waals surface area contributed by atoms with Crippen molar-refractivity contribution in [2.75, 3.05) is 23.8 Å². The van der Waals surface area contributed by atoms with Crippen LogP contribution in [0.4, 0.5) is 5.82 Å². The topological polar surface area (TPSA) is 79.7 Å². The molecule has 1 fully saturated rings. The minimum Gasteiger partial charge on any atom is -0.365 e. The molecule has 0 aromatic carbocycles. The lowest BCUT2D eigenvalue weighted by atomic mass is 10.0. The zero-order valence-corrected chi connectivity index (χ0v) is 13.2. The number of fused-ring (bicyclic) bond motifs is 1. The Morgan fingerprint density at radius 3 is 3.09 bits per heavy atom. The van der Waals surface area contributed by atoms with Crippen LogP contribution in [0.25, 0.3) is 17.5 Å². The van der Waals surface area contributed by atoms with Crippen molar-refractivity contribution < 1.29 is 0 Å². The highest BCUT2D eigenvalue weighted by molar-refractivity contribution is 5.60. The second-order valence-electron chi connectivity index (χ2n) is 6.12. The SMILES string of the molecule is C[C@@H]1CC[C@@H](Nc2cncc(-c3cnc4n3NCC=C4)n2)CN1. The quantitative estimate of drug-likeness (QED) is 0.796. The van der Waals surface area contributed by atoms with Gasteiger partial charge in [0.15, 0.2) is 5.82 Å². The van der Waals surface area contributed by atoms with E-state index in [1.165, 1.54) is 6.42 Å². The molecule has 2 aliphatic rings. The molecule has 0 radical (unpaired) electrons. The molecule has 0 unspecified atom stereocenters. The highest BCUT2D eigenvalue weighted by Crippen LogP contribution is 2.21. The fourth-order valence-electron chi connectivity index (χ4n) is 3.03. The van der Waals surface area contributed by atoms with Gasteiger partial charge in [-0.2, -0.15) is 0 Å². The number of aromatic nitrogens is 4. The Morgan fingerprint density at radius 1 is 1.26 bits per heavy atom. The van der Waals surface area contributed by atoms with Gasteiger partial charge in [-0.25, -0.2) is 14.6 Å². The van der Waals surface area contributed by atoms with Gasteiger partial charge < -0.3 is 16.1 Å². The average molecular weight is 311 g/mol. The predicted molar refractivity (Wildman–Crippen MR) is 90.6 cm³/mol. The number of anilines is 1. The third-order valence-corrected chi connectivity index (χ3v) is 4.33. The maximum atomic E-state index is 4.71. The lowest BCUT2D eigenvalue weighted by Gasteiger charge is -2.28. The maximum absolute atomic E-state index is 4.71. The predicted octanol–water partition coefficient (Wildman–Crippen LogP) is 1.46. The summed E-state index contributed by atoms with van der Waals surface area (Å²) in [6, 6.07) is 0.999. The first-order valence-corrected chi connectivity index (χ1v) is 8.10. The Hall–Kier alpha value is -2.41. The van der Waals surface area contributed by atoms with Crippen molar-refractivity contribution in [1.29, 1.82) is 0 Å². The lowest BCUT2D eigenvalue weighted by molar-refractivity contribution is 0.398. The molecule has 0 bridgehead atoms. The van der Waals surface area contributed by atoms with Gasteiger partial charge in [-0.05, 0) is 25.8 Å². The van der Waals surface area contributed by atoms with Crippen molar-refractivity contribution in [3.05, 3.63) is 30.5 Å². The smallest absolute Gasteiger partial charge is 0.151 e. The van der Waals surface area contributed by atoms with Crippen molar-refractivity contribution in [2.24, 2.45) is 0 Å². The lowest BCUT2D eigenvalue weighted by Crippen LogP contribution is -2.43. The van der Waals surface area contributed by atoms with Crippen LogP contribution in [0.3, 0.4) is 0 Å². The summed E-state index contributed by atoms with van der Waals surface area (Å²) in [5.41, 5.74) is 5.02. The van der Waals surface area contributed by atoms with E-state index in [0.717, 1.165) is 42.5 Å². The van der Waals surface area contributed by atoms with E-state index >= 15 is 0 Å². The Bertz CT molecular complexity index is 713. The highest BCUT2D eigenvalue weighted by atomic mass is 15.4. The molecule has 2 atom stereocenters. The Kier molecular flexibility index (Phi) is 3.70. The van der Waals surface area contributed by atoms with Crippen LogP contribution in [0.1, 0.15) is 25.6 Å². The zero-order chi connectivity index (χ0) is 15.6. The van der Waals surface area contributed by atoms with Gasteiger partial charge in [-0.3, -0.25) is 4.98 Å². The van der Waals surface area contributed by atoms with Crippen molar-refractivity contribution >= 4 is 11.9 Å². The van der Waals surface area contributed by atoms with Gasteiger partial charge in [0.25, 0.3) is 0 Å². The van der Waals surface area contributed by atoms with Crippen LogP contribution in [-0.2, 0) is 0 Å². The van der Waals surface area contributed by atoms with E-state index < -0.39 is 0 Å². The molecule has 0 spiro atoms. The molecule has 0 saturated carbocycles. The number of rotatable bonds is 3. The van der Waals surface area contributed by atoms with Gasteiger partial charge in [-0.1, -0.05) is 6.08 Å². The van der Waals surface area contributed by atoms with E-state index in [-0.39, 0.29) is 0 Å². The van der Waals surface area contributed by atoms with Crippen LogP contribution in [0.15, 0.2) is 24.7 Å². The first-order valence-electron chi connectivity index (χ1n) is 8.10. The van der Waals surface area contributed by atoms with Gasteiger partial charge >= 0.3 is 0 Å². The van der Waals surface area contributed by atoms with Gasteiger partial charge in [0.1, 0.15) is 17.2 Å². The largest absolute Gasteiger partial charge is 0.365 e. The van der Waals surface area contributed by atoms with Crippen LogP contribution >= 0.6 is 0 Å². The number of hydrogen-bond acceptors (Lipinski definition) is 6. The van der Waals surface area contributed by atoms with E-state index in [1.807, 2.05) is 23.0 Å². The number of hydrogen-bond donors (Lipinski definition) is 3. The molecular weight excluding hydrogens is 290 g/mol. The fourth-order valence-corrected chi connectivity index (χ4v) is 3.03. The van der Waals surface area contributed by atoms with Gasteiger partial charge in [0.2, 0.25) is 0 Å². The third kappa shape index (κ3) is 2.92. The number of nitrogens with zero attached hydrogens (tertiary/aromatic N) is 4. The van der Waals surface area contributed by atoms with E-state index in [9.17, 15) is 0 Å². The molecule has 120 valence electrons. The van der Waals surface area contributed by atoms with Crippen LogP contribution in [0.5, 0.6) is 0 Å². The molecule has 2 aromatic heterocycles. The first kappa shape index (κ1) is 14.2. The number of nitrogens with one attached hydrogen (secondary N) is 3. The molecule has 3 N–H and O–H groups in total. The summed E-state index contributed by atoms with van der Waals surface area (Å²) in [5.74, 6) is 1.70. The van der Waals surface area contributed by atoms with Crippen molar-refractivity contribution in [1.82, 2.24) is 24.9 Å². The number of imidazole rings is 1. The fraction of sp³-hybridized carbons (Fsp3) is 0.438. The van der Waals surface area contributed by atoms with E-state index in [4.69, 9.17) is 4.98 Å². The molecule has 2 aromatic rings. The van der Waals surface area contributed by atoms with Crippen molar-refractivity contribution in [3.8, 4) is 11.4 Å². The molecule has 1 saturated heterocycles. The minimum absolute atomic E-state index is 0.399. The molecule has 4 heterocycles. The first-order chi connectivity index (χ1) is 11.3. The highest BCUT2D eigenvalue weighted by Gasteiger charge is 2.18. The molecule has 0 amide bonds. The molecule has 7 nitrogen and oxygen atoms in total.